The summed E-state index contributed by atoms with van der Waals surface area (Å²) >= 11 is 0. The highest BCUT2D eigenvalue weighted by Crippen LogP contribution is 2.32. The smallest absolute Gasteiger partial charge is 0.260 e. The molecule has 0 spiro atoms. The maximum atomic E-state index is 10.7. The van der Waals surface area contributed by atoms with E-state index in [-0.39, 0.29) is 6.61 Å². The van der Waals surface area contributed by atoms with Gasteiger partial charge >= 0.3 is 9.15 Å². The fourth-order valence-electron chi connectivity index (χ4n) is 0.563. The maximum absolute atomic E-state index is 10.7. The van der Waals surface area contributed by atoms with Crippen molar-refractivity contribution >= 4 is 19.9 Å². The monoisotopic (exact) mass is 192 g/mol. The average Bonchev–Trinajstić information content (AvgIpc) is 1.97. The minimum Gasteiger partial charge on any atom is -0.260 e. The largest absolute Gasteiger partial charge is 0.322 e. The summed E-state index contributed by atoms with van der Waals surface area (Å²) in [5, 5.41) is 0. The van der Waals surface area contributed by atoms with E-state index in [1.807, 2.05) is 0 Å². The van der Waals surface area contributed by atoms with Gasteiger partial charge in [0.1, 0.15) is 0 Å². The van der Waals surface area contributed by atoms with Crippen molar-refractivity contribution in [2.24, 2.45) is 5.41 Å². The first-order valence-corrected chi connectivity index (χ1v) is 5.90. The molecule has 1 aliphatic heterocycles. The SMILES string of the molecule is C#CC1(C)COS(=O)(=O)SC1. The molecule has 0 aromatic carbocycles. The highest BCUT2D eigenvalue weighted by atomic mass is 33.1. The second-order valence-electron chi connectivity index (χ2n) is 2.64. The maximum Gasteiger partial charge on any atom is 0.322 e. The topological polar surface area (TPSA) is 43.4 Å². The van der Waals surface area contributed by atoms with Crippen LogP contribution >= 0.6 is 10.8 Å². The van der Waals surface area contributed by atoms with Crippen LogP contribution in [0.1, 0.15) is 6.92 Å². The van der Waals surface area contributed by atoms with Crippen molar-refractivity contribution in [2.75, 3.05) is 12.4 Å². The van der Waals surface area contributed by atoms with Crippen molar-refractivity contribution in [3.8, 4) is 12.3 Å². The predicted octanol–water partition coefficient (Wildman–Crippen LogP) is 0.634. The van der Waals surface area contributed by atoms with Gasteiger partial charge in [0.15, 0.2) is 0 Å². The van der Waals surface area contributed by atoms with Crippen molar-refractivity contribution in [3.63, 3.8) is 0 Å². The number of hydrogen-bond donors (Lipinski definition) is 0. The fraction of sp³-hybridized carbons (Fsp3) is 0.667. The van der Waals surface area contributed by atoms with Crippen LogP contribution in [0.2, 0.25) is 0 Å². The molecular weight excluding hydrogens is 184 g/mol. The summed E-state index contributed by atoms with van der Waals surface area (Å²) in [6, 6.07) is 0. The van der Waals surface area contributed by atoms with E-state index in [0.717, 1.165) is 10.8 Å². The highest BCUT2D eigenvalue weighted by molar-refractivity contribution is 8.70. The Bertz CT molecular complexity index is 271. The Balaban J connectivity index is 2.71. The van der Waals surface area contributed by atoms with Gasteiger partial charge in [-0.2, -0.15) is 8.42 Å². The van der Waals surface area contributed by atoms with Gasteiger partial charge in [0.25, 0.3) is 0 Å². The molecule has 0 bridgehead atoms. The van der Waals surface area contributed by atoms with Crippen LogP contribution in [0.5, 0.6) is 0 Å². The average molecular weight is 192 g/mol. The van der Waals surface area contributed by atoms with Crippen molar-refractivity contribution in [2.45, 2.75) is 6.92 Å². The first-order chi connectivity index (χ1) is 4.97. The minimum absolute atomic E-state index is 0.0961. The van der Waals surface area contributed by atoms with Crippen molar-refractivity contribution in [3.05, 3.63) is 0 Å². The van der Waals surface area contributed by atoms with Crippen LogP contribution in [0.25, 0.3) is 0 Å². The second kappa shape index (κ2) is 2.70. The Morgan fingerprint density at radius 2 is 2.36 bits per heavy atom. The number of rotatable bonds is 0. The van der Waals surface area contributed by atoms with Crippen LogP contribution in [-0.2, 0) is 13.3 Å². The zero-order valence-corrected chi connectivity index (χ0v) is 7.67. The Morgan fingerprint density at radius 3 is 2.73 bits per heavy atom. The first kappa shape index (κ1) is 8.91. The van der Waals surface area contributed by atoms with Crippen LogP contribution in [0.15, 0.2) is 0 Å². The molecule has 3 nitrogen and oxygen atoms in total. The highest BCUT2D eigenvalue weighted by Gasteiger charge is 2.33. The van der Waals surface area contributed by atoms with E-state index in [2.05, 4.69) is 10.1 Å². The molecule has 1 atom stereocenters. The molecule has 5 heteroatoms. The lowest BCUT2D eigenvalue weighted by Crippen LogP contribution is -2.30. The summed E-state index contributed by atoms with van der Waals surface area (Å²) in [4.78, 5) is 0. The zero-order chi connectivity index (χ0) is 8.54. The van der Waals surface area contributed by atoms with Gasteiger partial charge in [0.2, 0.25) is 0 Å². The lowest BCUT2D eigenvalue weighted by atomic mass is 9.96. The molecule has 11 heavy (non-hydrogen) atoms. The Morgan fingerprint density at radius 1 is 1.73 bits per heavy atom. The van der Waals surface area contributed by atoms with E-state index in [0.29, 0.717) is 5.75 Å². The van der Waals surface area contributed by atoms with Gasteiger partial charge in [-0.1, -0.05) is 5.92 Å². The fourth-order valence-corrected chi connectivity index (χ4v) is 3.17. The molecule has 0 saturated carbocycles. The van der Waals surface area contributed by atoms with Gasteiger partial charge < -0.3 is 0 Å². The molecule has 1 unspecified atom stereocenters. The van der Waals surface area contributed by atoms with E-state index in [1.165, 1.54) is 0 Å². The van der Waals surface area contributed by atoms with E-state index in [9.17, 15) is 8.42 Å². The molecule has 1 fully saturated rings. The van der Waals surface area contributed by atoms with Crippen molar-refractivity contribution < 1.29 is 12.6 Å². The summed E-state index contributed by atoms with van der Waals surface area (Å²) < 4.78 is 26.0. The molecule has 0 radical (unpaired) electrons. The molecule has 0 aromatic rings. The van der Waals surface area contributed by atoms with E-state index >= 15 is 0 Å². The van der Waals surface area contributed by atoms with Crippen molar-refractivity contribution in [1.82, 2.24) is 0 Å². The Kier molecular flexibility index (Phi) is 2.19. The van der Waals surface area contributed by atoms with Crippen LogP contribution < -0.4 is 0 Å². The summed E-state index contributed by atoms with van der Waals surface area (Å²) in [5.74, 6) is 2.92. The lowest BCUT2D eigenvalue weighted by Gasteiger charge is -2.26. The number of hydrogen-bond acceptors (Lipinski definition) is 4. The molecule has 0 aliphatic carbocycles. The minimum atomic E-state index is -3.34. The van der Waals surface area contributed by atoms with Crippen LogP contribution in [0, 0.1) is 17.8 Å². The van der Waals surface area contributed by atoms with Gasteiger partial charge in [-0.05, 0) is 17.7 Å². The third kappa shape index (κ3) is 2.12. The summed E-state index contributed by atoms with van der Waals surface area (Å²) in [7, 11) is -2.58. The molecule has 0 N–H and O–H groups in total. The molecule has 0 amide bonds. The van der Waals surface area contributed by atoms with E-state index in [4.69, 9.17) is 6.42 Å². The first-order valence-electron chi connectivity index (χ1n) is 2.99. The van der Waals surface area contributed by atoms with Crippen molar-refractivity contribution in [1.29, 1.82) is 0 Å². The Hall–Kier alpha value is -0.180. The normalized spacial score (nSPS) is 36.0. The van der Waals surface area contributed by atoms with Crippen LogP contribution in [-0.4, -0.2) is 20.8 Å². The zero-order valence-electron chi connectivity index (χ0n) is 6.03. The molecular formula is C6H8O3S2. The molecule has 0 aromatic heterocycles. The summed E-state index contributed by atoms with van der Waals surface area (Å²) in [5.41, 5.74) is -0.435. The van der Waals surface area contributed by atoms with E-state index in [1.54, 1.807) is 6.92 Å². The standard InChI is InChI=1S/C6H8O3S2/c1-3-6(2)4-9-11(7,8)10-5-6/h1H,4-5H2,2H3. The number of terminal acetylenes is 1. The van der Waals surface area contributed by atoms with Gasteiger partial charge in [-0.15, -0.1) is 6.42 Å². The summed E-state index contributed by atoms with van der Waals surface area (Å²) in [6.07, 6.45) is 5.19. The lowest BCUT2D eigenvalue weighted by molar-refractivity contribution is 0.238. The molecule has 1 rings (SSSR count). The van der Waals surface area contributed by atoms with Crippen LogP contribution in [0.4, 0.5) is 0 Å². The van der Waals surface area contributed by atoms with Gasteiger partial charge in [-0.3, -0.25) is 4.18 Å². The van der Waals surface area contributed by atoms with E-state index < -0.39 is 14.6 Å². The quantitative estimate of drug-likeness (QED) is 0.417. The summed E-state index contributed by atoms with van der Waals surface area (Å²) in [6.45, 7) is 1.90. The third-order valence-corrected chi connectivity index (χ3v) is 4.35. The molecule has 1 aliphatic rings. The second-order valence-corrected chi connectivity index (χ2v) is 6.15. The molecule has 1 saturated heterocycles. The third-order valence-electron chi connectivity index (χ3n) is 1.39. The Labute approximate surface area is 70.0 Å². The van der Waals surface area contributed by atoms with Gasteiger partial charge in [-0.25, -0.2) is 0 Å². The molecule has 1 heterocycles. The predicted molar refractivity (Wildman–Crippen MR) is 44.3 cm³/mol. The van der Waals surface area contributed by atoms with Crippen LogP contribution in [0.3, 0.4) is 0 Å². The van der Waals surface area contributed by atoms with Gasteiger partial charge in [0, 0.05) is 5.75 Å². The molecule has 62 valence electrons. The van der Waals surface area contributed by atoms with Gasteiger partial charge in [0.05, 0.1) is 12.0 Å².